The Balaban J connectivity index is 2.06. The molecule has 0 aliphatic carbocycles. The van der Waals surface area contributed by atoms with Gasteiger partial charge in [0, 0.05) is 17.7 Å². The predicted octanol–water partition coefficient (Wildman–Crippen LogP) is 0.782. The topological polar surface area (TPSA) is 104 Å². The van der Waals surface area contributed by atoms with Crippen molar-refractivity contribution in [3.63, 3.8) is 0 Å². The first-order chi connectivity index (χ1) is 9.08. The van der Waals surface area contributed by atoms with Gasteiger partial charge in [-0.05, 0) is 38.1 Å². The average molecular weight is 265 g/mol. The summed E-state index contributed by atoms with van der Waals surface area (Å²) >= 11 is 0. The number of aromatic hydroxyl groups is 1. The molecule has 0 aromatic heterocycles. The second-order valence-electron chi connectivity index (χ2n) is 4.46. The van der Waals surface area contributed by atoms with E-state index in [1.165, 1.54) is 6.07 Å². The number of carbonyl (C=O) groups is 1. The molecular weight excluding hydrogens is 250 g/mol. The van der Waals surface area contributed by atoms with E-state index >= 15 is 0 Å². The highest BCUT2D eigenvalue weighted by molar-refractivity contribution is 5.95. The van der Waals surface area contributed by atoms with Crippen LogP contribution in [-0.2, 0) is 0 Å². The number of hydrogen-bond acceptors (Lipinski definition) is 5. The van der Waals surface area contributed by atoms with Crippen molar-refractivity contribution in [1.82, 2.24) is 10.6 Å². The molecular formula is C12H15N3O4. The summed E-state index contributed by atoms with van der Waals surface area (Å²) in [6.07, 6.45) is 1.70. The third-order valence-corrected chi connectivity index (χ3v) is 3.11. The molecule has 3 N–H and O–H groups in total. The molecule has 1 heterocycles. The van der Waals surface area contributed by atoms with Crippen LogP contribution in [0.1, 0.15) is 23.2 Å². The standard InChI is InChI=1S/C12H15N3O4/c16-11-7-8(1-2-10(11)15(18)19)12(17)14-9-3-5-13-6-4-9/h1-2,7,9,13,16H,3-6H2,(H,14,17). The van der Waals surface area contributed by atoms with Gasteiger partial charge in [-0.2, -0.15) is 0 Å². The van der Waals surface area contributed by atoms with Crippen LogP contribution in [0.25, 0.3) is 0 Å². The quantitative estimate of drug-likeness (QED) is 0.553. The average Bonchev–Trinajstić information content (AvgIpc) is 2.39. The second-order valence-corrected chi connectivity index (χ2v) is 4.46. The van der Waals surface area contributed by atoms with Gasteiger partial charge in [-0.1, -0.05) is 0 Å². The first-order valence-corrected chi connectivity index (χ1v) is 6.07. The summed E-state index contributed by atoms with van der Waals surface area (Å²) in [6.45, 7) is 1.72. The van der Waals surface area contributed by atoms with Crippen molar-refractivity contribution in [2.75, 3.05) is 13.1 Å². The molecule has 0 saturated carbocycles. The summed E-state index contributed by atoms with van der Waals surface area (Å²) in [5, 5.41) is 26.1. The lowest BCUT2D eigenvalue weighted by Crippen LogP contribution is -2.42. The fourth-order valence-electron chi connectivity index (χ4n) is 2.05. The Labute approximate surface area is 109 Å². The monoisotopic (exact) mass is 265 g/mol. The number of phenols is 1. The molecule has 0 bridgehead atoms. The van der Waals surface area contributed by atoms with Gasteiger partial charge in [0.2, 0.25) is 0 Å². The molecule has 1 aromatic rings. The van der Waals surface area contributed by atoms with Crippen molar-refractivity contribution >= 4 is 11.6 Å². The Morgan fingerprint density at radius 1 is 1.42 bits per heavy atom. The van der Waals surface area contributed by atoms with E-state index in [0.717, 1.165) is 38.1 Å². The third-order valence-electron chi connectivity index (χ3n) is 3.11. The number of nitrogens with zero attached hydrogens (tertiary/aromatic N) is 1. The maximum absolute atomic E-state index is 11.9. The first kappa shape index (κ1) is 13.3. The number of amides is 1. The van der Waals surface area contributed by atoms with Crippen LogP contribution in [-0.4, -0.2) is 35.1 Å². The highest BCUT2D eigenvalue weighted by atomic mass is 16.6. The lowest BCUT2D eigenvalue weighted by molar-refractivity contribution is -0.385. The van der Waals surface area contributed by atoms with Crippen LogP contribution >= 0.6 is 0 Å². The number of hydrogen-bond donors (Lipinski definition) is 3. The highest BCUT2D eigenvalue weighted by Gasteiger charge is 2.19. The van der Waals surface area contributed by atoms with Crippen LogP contribution in [0.15, 0.2) is 18.2 Å². The number of phenolic OH excluding ortho intramolecular Hbond substituents is 1. The van der Waals surface area contributed by atoms with Crippen LogP contribution in [0.2, 0.25) is 0 Å². The van der Waals surface area contributed by atoms with Gasteiger partial charge >= 0.3 is 5.69 Å². The van der Waals surface area contributed by atoms with Crippen molar-refractivity contribution < 1.29 is 14.8 Å². The zero-order chi connectivity index (χ0) is 13.8. The van der Waals surface area contributed by atoms with E-state index in [4.69, 9.17) is 0 Å². The Kier molecular flexibility index (Phi) is 3.96. The van der Waals surface area contributed by atoms with Crippen molar-refractivity contribution in [2.45, 2.75) is 18.9 Å². The minimum Gasteiger partial charge on any atom is -0.502 e. The molecule has 0 atom stereocenters. The molecule has 7 nitrogen and oxygen atoms in total. The van der Waals surface area contributed by atoms with Gasteiger partial charge in [-0.15, -0.1) is 0 Å². The minimum absolute atomic E-state index is 0.103. The first-order valence-electron chi connectivity index (χ1n) is 6.07. The molecule has 1 aromatic carbocycles. The van der Waals surface area contributed by atoms with Gasteiger partial charge in [-0.3, -0.25) is 14.9 Å². The predicted molar refractivity (Wildman–Crippen MR) is 68.1 cm³/mol. The van der Waals surface area contributed by atoms with Gasteiger partial charge < -0.3 is 15.7 Å². The van der Waals surface area contributed by atoms with Crippen LogP contribution in [0.5, 0.6) is 5.75 Å². The molecule has 1 saturated heterocycles. The summed E-state index contributed by atoms with van der Waals surface area (Å²) < 4.78 is 0. The summed E-state index contributed by atoms with van der Waals surface area (Å²) in [5.41, 5.74) is -0.181. The molecule has 1 aliphatic rings. The normalized spacial score (nSPS) is 16.0. The molecule has 1 amide bonds. The zero-order valence-corrected chi connectivity index (χ0v) is 10.3. The molecule has 0 spiro atoms. The van der Waals surface area contributed by atoms with Gasteiger partial charge in [0.05, 0.1) is 4.92 Å². The van der Waals surface area contributed by atoms with E-state index in [2.05, 4.69) is 10.6 Å². The lowest BCUT2D eigenvalue weighted by Gasteiger charge is -2.23. The zero-order valence-electron chi connectivity index (χ0n) is 10.3. The van der Waals surface area contributed by atoms with Gasteiger partial charge in [-0.25, -0.2) is 0 Å². The largest absolute Gasteiger partial charge is 0.502 e. The SMILES string of the molecule is O=C(NC1CCNCC1)c1ccc([N+](=O)[O-])c(O)c1. The second kappa shape index (κ2) is 5.66. The number of piperidine rings is 1. The van der Waals surface area contributed by atoms with Gasteiger partial charge in [0.15, 0.2) is 5.75 Å². The Bertz CT molecular complexity index is 498. The number of nitrogens with one attached hydrogen (secondary N) is 2. The molecule has 19 heavy (non-hydrogen) atoms. The number of benzene rings is 1. The van der Waals surface area contributed by atoms with Crippen LogP contribution in [0, 0.1) is 10.1 Å². The van der Waals surface area contributed by atoms with Crippen molar-refractivity contribution in [3.8, 4) is 5.75 Å². The van der Waals surface area contributed by atoms with Crippen molar-refractivity contribution in [1.29, 1.82) is 0 Å². The van der Waals surface area contributed by atoms with E-state index in [1.807, 2.05) is 0 Å². The van der Waals surface area contributed by atoms with E-state index < -0.39 is 16.4 Å². The number of nitro groups is 1. The molecule has 0 radical (unpaired) electrons. The summed E-state index contributed by atoms with van der Waals surface area (Å²) in [7, 11) is 0. The molecule has 1 fully saturated rings. The smallest absolute Gasteiger partial charge is 0.310 e. The summed E-state index contributed by atoms with van der Waals surface area (Å²) in [6, 6.07) is 3.70. The lowest BCUT2D eigenvalue weighted by atomic mass is 10.1. The maximum Gasteiger partial charge on any atom is 0.310 e. The number of nitro benzene ring substituents is 1. The molecule has 102 valence electrons. The third kappa shape index (κ3) is 3.19. The van der Waals surface area contributed by atoms with Crippen molar-refractivity contribution in [3.05, 3.63) is 33.9 Å². The molecule has 0 unspecified atom stereocenters. The van der Waals surface area contributed by atoms with Crippen LogP contribution < -0.4 is 10.6 Å². The molecule has 1 aliphatic heterocycles. The Hall–Kier alpha value is -2.15. The van der Waals surface area contributed by atoms with Crippen LogP contribution in [0.4, 0.5) is 5.69 Å². The Morgan fingerprint density at radius 3 is 2.68 bits per heavy atom. The number of carbonyl (C=O) groups excluding carboxylic acids is 1. The minimum atomic E-state index is -0.691. The molecule has 7 heteroatoms. The highest BCUT2D eigenvalue weighted by Crippen LogP contribution is 2.26. The summed E-state index contributed by atoms with van der Waals surface area (Å²) in [4.78, 5) is 21.8. The van der Waals surface area contributed by atoms with Gasteiger partial charge in [0.25, 0.3) is 5.91 Å². The van der Waals surface area contributed by atoms with E-state index in [0.29, 0.717) is 0 Å². The van der Waals surface area contributed by atoms with E-state index in [1.54, 1.807) is 0 Å². The van der Waals surface area contributed by atoms with Crippen LogP contribution in [0.3, 0.4) is 0 Å². The Morgan fingerprint density at radius 2 is 2.11 bits per heavy atom. The molecule has 2 rings (SSSR count). The van der Waals surface area contributed by atoms with Gasteiger partial charge in [0.1, 0.15) is 0 Å². The van der Waals surface area contributed by atoms with Crippen molar-refractivity contribution in [2.24, 2.45) is 0 Å². The number of rotatable bonds is 3. The fourth-order valence-corrected chi connectivity index (χ4v) is 2.05. The van der Waals surface area contributed by atoms with E-state index in [9.17, 15) is 20.0 Å². The van der Waals surface area contributed by atoms with E-state index in [-0.39, 0.29) is 17.5 Å². The summed E-state index contributed by atoms with van der Waals surface area (Å²) in [5.74, 6) is -0.819. The fraction of sp³-hybridized carbons (Fsp3) is 0.417. The maximum atomic E-state index is 11.9.